The van der Waals surface area contributed by atoms with E-state index in [1.54, 1.807) is 13.8 Å². The van der Waals surface area contributed by atoms with E-state index in [1.165, 1.54) is 5.56 Å². The van der Waals surface area contributed by atoms with Gasteiger partial charge in [-0.25, -0.2) is 19.9 Å². The molecule has 4 aromatic rings. The maximum absolute atomic E-state index is 9.00. The van der Waals surface area contributed by atoms with Crippen molar-refractivity contribution in [2.45, 2.75) is 99.6 Å². The Balaban J connectivity index is 0.000000187. The second kappa shape index (κ2) is 16.1. The summed E-state index contributed by atoms with van der Waals surface area (Å²) in [6, 6.07) is 4.61. The molecule has 2 atom stereocenters. The average Bonchev–Trinajstić information content (AvgIpc) is 3.93. The largest absolute Gasteiger partial charge is 0.418 e. The van der Waals surface area contributed by atoms with Crippen LogP contribution in [0.2, 0.25) is 0 Å². The van der Waals surface area contributed by atoms with Gasteiger partial charge in [0.05, 0.1) is 17.8 Å². The molecule has 3 aliphatic heterocycles. The van der Waals surface area contributed by atoms with Crippen LogP contribution in [-0.2, 0) is 25.9 Å². The van der Waals surface area contributed by atoms with Crippen LogP contribution in [0.5, 0.6) is 0 Å². The van der Waals surface area contributed by atoms with E-state index in [-0.39, 0.29) is 14.9 Å². The zero-order valence-electron chi connectivity index (χ0n) is 27.4. The number of hydrogen-bond acceptors (Lipinski definition) is 15. The van der Waals surface area contributed by atoms with Crippen molar-refractivity contribution in [3.63, 3.8) is 0 Å². The summed E-state index contributed by atoms with van der Waals surface area (Å²) in [6.45, 7) is 8.69. The molecule has 0 aromatic carbocycles. The minimum absolute atomic E-state index is 0. The van der Waals surface area contributed by atoms with Gasteiger partial charge in [-0.05, 0) is 56.8 Å². The zero-order chi connectivity index (χ0) is 33.0. The SMILES string of the molecule is C.C.Cc1nnc(-c2nc3c(c(N4CCC[C@@H](CC#N)C4)n2)CCC3)o1.Cc1nnc(-c2nc3c(c(N4CCC[C@@H](CC#N)C4)n2)CNC3)o1. The summed E-state index contributed by atoms with van der Waals surface area (Å²) >= 11 is 0. The fourth-order valence-electron chi connectivity index (χ4n) is 7.16. The molecule has 4 aliphatic rings. The van der Waals surface area contributed by atoms with Gasteiger partial charge in [-0.2, -0.15) is 10.5 Å². The van der Waals surface area contributed by atoms with Gasteiger partial charge < -0.3 is 24.0 Å². The smallest absolute Gasteiger partial charge is 0.285 e. The highest BCUT2D eigenvalue weighted by atomic mass is 16.4. The lowest BCUT2D eigenvalue weighted by atomic mass is 9.95. The predicted octanol–water partition coefficient (Wildman–Crippen LogP) is 5.29. The Hall–Kier alpha value is -5.02. The lowest BCUT2D eigenvalue weighted by Crippen LogP contribution is -2.36. The van der Waals surface area contributed by atoms with Gasteiger partial charge in [0.15, 0.2) is 0 Å². The van der Waals surface area contributed by atoms with E-state index in [4.69, 9.17) is 29.3 Å². The van der Waals surface area contributed by atoms with Crippen molar-refractivity contribution < 1.29 is 8.83 Å². The maximum atomic E-state index is 9.00. The van der Waals surface area contributed by atoms with Gasteiger partial charge in [0.2, 0.25) is 23.4 Å². The molecule has 8 rings (SSSR count). The molecule has 2 saturated heterocycles. The van der Waals surface area contributed by atoms with Crippen LogP contribution in [0.3, 0.4) is 0 Å². The number of anilines is 2. The van der Waals surface area contributed by atoms with Crippen molar-refractivity contribution >= 4 is 11.6 Å². The normalized spacial score (nSPS) is 19.2. The number of nitrogens with zero attached hydrogens (tertiary/aromatic N) is 12. The third kappa shape index (κ3) is 7.73. The molecule has 0 spiro atoms. The minimum Gasteiger partial charge on any atom is -0.418 e. The molecule has 1 N–H and O–H groups in total. The van der Waals surface area contributed by atoms with E-state index in [0.717, 1.165) is 113 Å². The van der Waals surface area contributed by atoms with Gasteiger partial charge in [0, 0.05) is 82.8 Å². The summed E-state index contributed by atoms with van der Waals surface area (Å²) in [5.74, 6) is 5.53. The Morgan fingerprint density at radius 1 is 0.680 bits per heavy atom. The highest BCUT2D eigenvalue weighted by Crippen LogP contribution is 2.34. The van der Waals surface area contributed by atoms with E-state index >= 15 is 0 Å². The molecule has 15 nitrogen and oxygen atoms in total. The number of hydrogen-bond donors (Lipinski definition) is 1. The van der Waals surface area contributed by atoms with Crippen LogP contribution in [0.15, 0.2) is 8.83 Å². The van der Waals surface area contributed by atoms with Gasteiger partial charge in [-0.3, -0.25) is 0 Å². The lowest BCUT2D eigenvalue weighted by molar-refractivity contribution is 0.419. The summed E-state index contributed by atoms with van der Waals surface area (Å²) in [5, 5.41) is 37.2. The Morgan fingerprint density at radius 3 is 1.74 bits per heavy atom. The van der Waals surface area contributed by atoms with Crippen molar-refractivity contribution in [2.24, 2.45) is 11.8 Å². The van der Waals surface area contributed by atoms with Crippen molar-refractivity contribution in [2.75, 3.05) is 36.0 Å². The number of aryl methyl sites for hydroxylation is 3. The summed E-state index contributed by atoms with van der Waals surface area (Å²) in [4.78, 5) is 23.4. The van der Waals surface area contributed by atoms with Crippen molar-refractivity contribution in [1.29, 1.82) is 10.5 Å². The third-order valence-electron chi connectivity index (χ3n) is 9.41. The number of aromatic nitrogens is 8. The monoisotopic (exact) mass is 681 g/mol. The van der Waals surface area contributed by atoms with E-state index < -0.39 is 0 Å². The molecule has 0 amide bonds. The van der Waals surface area contributed by atoms with Gasteiger partial charge >= 0.3 is 0 Å². The summed E-state index contributed by atoms with van der Waals surface area (Å²) in [6.07, 6.45) is 8.70. The van der Waals surface area contributed by atoms with E-state index in [2.05, 4.69) is 57.6 Å². The molecule has 50 heavy (non-hydrogen) atoms. The highest BCUT2D eigenvalue weighted by Gasteiger charge is 2.30. The summed E-state index contributed by atoms with van der Waals surface area (Å²) in [7, 11) is 0. The molecule has 7 heterocycles. The molecule has 1 aliphatic carbocycles. The molecule has 0 saturated carbocycles. The van der Waals surface area contributed by atoms with Crippen molar-refractivity contribution in [1.82, 2.24) is 45.6 Å². The number of nitriles is 2. The first-order valence-corrected chi connectivity index (χ1v) is 16.8. The van der Waals surface area contributed by atoms with E-state index in [1.807, 2.05) is 0 Å². The topological polar surface area (TPSA) is 195 Å². The van der Waals surface area contributed by atoms with Crippen LogP contribution in [-0.4, -0.2) is 66.5 Å². The Bertz CT molecular complexity index is 1720. The molecule has 15 heteroatoms. The van der Waals surface area contributed by atoms with Gasteiger partial charge in [0.25, 0.3) is 11.8 Å². The molecule has 264 valence electrons. The fraction of sp³-hybridized carbons (Fsp3) is 0.600. The quantitative estimate of drug-likeness (QED) is 0.275. The van der Waals surface area contributed by atoms with Crippen LogP contribution in [0, 0.1) is 48.3 Å². The molecular weight excluding hydrogens is 634 g/mol. The second-order valence-electron chi connectivity index (χ2n) is 12.9. The standard InChI is InChI=1S/C17H20N6O.C16H19N7O.2CH4/c1-11-21-22-17(24-11)15-19-14-6-2-5-13(14)16(20-15)23-9-3-4-12(10-23)7-8-18;1-10-21-22-16(24-10)14-19-13-8-18-7-12(13)15(20-14)23-6-2-3-11(9-23)4-5-17;;/h12H,2-7,9-10H2,1H3;11,18H,2-4,6-9H2,1H3;2*1H4/t12-;11-;;/m00../s1. The van der Waals surface area contributed by atoms with Crippen LogP contribution in [0.1, 0.15) is 94.1 Å². The molecule has 2 fully saturated rings. The Labute approximate surface area is 293 Å². The number of rotatable bonds is 6. The van der Waals surface area contributed by atoms with Crippen LogP contribution in [0.4, 0.5) is 11.6 Å². The van der Waals surface area contributed by atoms with Gasteiger partial charge in [-0.15, -0.1) is 20.4 Å². The molecular formula is C35H47N13O2. The van der Waals surface area contributed by atoms with Crippen LogP contribution in [0.25, 0.3) is 23.4 Å². The number of piperidine rings is 2. The minimum atomic E-state index is 0. The molecule has 0 bridgehead atoms. The van der Waals surface area contributed by atoms with Crippen molar-refractivity contribution in [3.8, 4) is 35.6 Å². The fourth-order valence-corrected chi connectivity index (χ4v) is 7.16. The van der Waals surface area contributed by atoms with E-state index in [9.17, 15) is 0 Å². The number of fused-ring (bicyclic) bond motifs is 2. The van der Waals surface area contributed by atoms with Crippen LogP contribution < -0.4 is 15.1 Å². The first-order valence-electron chi connectivity index (χ1n) is 16.8. The highest BCUT2D eigenvalue weighted by molar-refractivity contribution is 5.57. The maximum Gasteiger partial charge on any atom is 0.285 e. The first-order chi connectivity index (χ1) is 23.5. The summed E-state index contributed by atoms with van der Waals surface area (Å²) in [5.41, 5.74) is 4.50. The molecule has 0 unspecified atom stereocenters. The van der Waals surface area contributed by atoms with E-state index in [0.29, 0.717) is 59.9 Å². The molecule has 4 aromatic heterocycles. The Kier molecular flexibility index (Phi) is 11.7. The Morgan fingerprint density at radius 2 is 1.22 bits per heavy atom. The average molecular weight is 682 g/mol. The van der Waals surface area contributed by atoms with Gasteiger partial charge in [-0.1, -0.05) is 14.9 Å². The zero-order valence-corrected chi connectivity index (χ0v) is 27.4. The van der Waals surface area contributed by atoms with Crippen molar-refractivity contribution in [3.05, 3.63) is 34.3 Å². The first kappa shape index (κ1) is 36.3. The molecule has 0 radical (unpaired) electrons. The van der Waals surface area contributed by atoms with Gasteiger partial charge in [0.1, 0.15) is 11.6 Å². The van der Waals surface area contributed by atoms with Crippen LogP contribution >= 0.6 is 0 Å². The third-order valence-corrected chi connectivity index (χ3v) is 9.41. The predicted molar refractivity (Wildman–Crippen MR) is 186 cm³/mol. The number of nitrogens with one attached hydrogen (secondary N) is 1. The second-order valence-corrected chi connectivity index (χ2v) is 12.9. The summed E-state index contributed by atoms with van der Waals surface area (Å²) < 4.78 is 11.0. The lowest BCUT2D eigenvalue weighted by Gasteiger charge is -2.33.